The molecular weight excluding hydrogens is 262 g/mol. The van der Waals surface area contributed by atoms with Crippen LogP contribution in [-0.4, -0.2) is 13.7 Å². The average molecular weight is 285 g/mol. The van der Waals surface area contributed by atoms with Crippen molar-refractivity contribution < 1.29 is 9.47 Å². The summed E-state index contributed by atoms with van der Waals surface area (Å²) in [5, 5.41) is 3.41. The van der Waals surface area contributed by atoms with Crippen LogP contribution in [0.2, 0.25) is 0 Å². The van der Waals surface area contributed by atoms with Gasteiger partial charge in [0.05, 0.1) is 7.11 Å². The molecule has 112 valence electrons. The fraction of sp³-hybridized carbons (Fsp3) is 0.333. The first-order valence-electron chi connectivity index (χ1n) is 7.35. The first-order chi connectivity index (χ1) is 10.2. The number of aryl methyl sites for hydroxylation is 1. The number of nitrogens with one attached hydrogen (secondary N) is 1. The lowest BCUT2D eigenvalue weighted by atomic mass is 10.1. The van der Waals surface area contributed by atoms with Crippen LogP contribution < -0.4 is 14.8 Å². The van der Waals surface area contributed by atoms with Crippen molar-refractivity contribution in [3.05, 3.63) is 53.6 Å². The summed E-state index contributed by atoms with van der Waals surface area (Å²) >= 11 is 0. The lowest BCUT2D eigenvalue weighted by molar-refractivity contribution is 0.409. The Morgan fingerprint density at radius 2 is 1.86 bits per heavy atom. The van der Waals surface area contributed by atoms with Gasteiger partial charge >= 0.3 is 0 Å². The minimum absolute atomic E-state index is 0.786. The third-order valence-electron chi connectivity index (χ3n) is 3.26. The lowest BCUT2D eigenvalue weighted by Crippen LogP contribution is -2.13. The van der Waals surface area contributed by atoms with E-state index in [1.165, 1.54) is 5.56 Å². The van der Waals surface area contributed by atoms with Gasteiger partial charge in [0.1, 0.15) is 17.2 Å². The molecule has 2 aromatic carbocycles. The van der Waals surface area contributed by atoms with Crippen LogP contribution in [0.3, 0.4) is 0 Å². The van der Waals surface area contributed by atoms with Gasteiger partial charge in [0, 0.05) is 12.6 Å². The van der Waals surface area contributed by atoms with Crippen LogP contribution in [0.1, 0.15) is 24.5 Å². The summed E-state index contributed by atoms with van der Waals surface area (Å²) in [6, 6.07) is 13.9. The second-order valence-corrected chi connectivity index (χ2v) is 5.06. The Kier molecular flexibility index (Phi) is 5.64. The Morgan fingerprint density at radius 3 is 2.57 bits per heavy atom. The molecule has 0 aromatic heterocycles. The second-order valence-electron chi connectivity index (χ2n) is 5.06. The highest BCUT2D eigenvalue weighted by molar-refractivity contribution is 5.41. The van der Waals surface area contributed by atoms with Crippen LogP contribution in [0.15, 0.2) is 42.5 Å². The lowest BCUT2D eigenvalue weighted by Gasteiger charge is -2.11. The van der Waals surface area contributed by atoms with Crippen LogP contribution in [0.25, 0.3) is 0 Å². The van der Waals surface area contributed by atoms with Crippen LogP contribution in [0.4, 0.5) is 0 Å². The first kappa shape index (κ1) is 15.4. The van der Waals surface area contributed by atoms with Gasteiger partial charge in [-0.1, -0.05) is 25.1 Å². The third kappa shape index (κ3) is 4.50. The number of hydrogen-bond acceptors (Lipinski definition) is 3. The van der Waals surface area contributed by atoms with E-state index < -0.39 is 0 Å². The Morgan fingerprint density at radius 1 is 1.05 bits per heavy atom. The predicted molar refractivity (Wildman–Crippen MR) is 86.2 cm³/mol. The molecule has 1 N–H and O–H groups in total. The van der Waals surface area contributed by atoms with Crippen LogP contribution in [-0.2, 0) is 6.54 Å². The molecule has 0 spiro atoms. The molecule has 0 unspecified atom stereocenters. The number of benzene rings is 2. The molecule has 0 aliphatic heterocycles. The van der Waals surface area contributed by atoms with Crippen molar-refractivity contribution in [3.8, 4) is 17.2 Å². The highest BCUT2D eigenvalue weighted by atomic mass is 16.5. The number of hydrogen-bond donors (Lipinski definition) is 1. The minimum Gasteiger partial charge on any atom is -0.497 e. The molecule has 0 atom stereocenters. The summed E-state index contributed by atoms with van der Waals surface area (Å²) in [6.07, 6.45) is 1.15. The number of methoxy groups -OCH3 is 1. The van der Waals surface area contributed by atoms with Gasteiger partial charge in [-0.05, 0) is 49.2 Å². The largest absolute Gasteiger partial charge is 0.497 e. The van der Waals surface area contributed by atoms with E-state index in [-0.39, 0.29) is 0 Å². The zero-order valence-electron chi connectivity index (χ0n) is 13.0. The fourth-order valence-electron chi connectivity index (χ4n) is 2.14. The van der Waals surface area contributed by atoms with Crippen LogP contribution in [0.5, 0.6) is 17.2 Å². The van der Waals surface area contributed by atoms with E-state index in [4.69, 9.17) is 9.47 Å². The smallest absolute Gasteiger partial charge is 0.131 e. The van der Waals surface area contributed by atoms with Crippen molar-refractivity contribution in [1.29, 1.82) is 0 Å². The number of rotatable bonds is 7. The molecule has 0 amide bonds. The van der Waals surface area contributed by atoms with Gasteiger partial charge in [0.25, 0.3) is 0 Å². The quantitative estimate of drug-likeness (QED) is 0.770. The molecule has 0 saturated carbocycles. The zero-order chi connectivity index (χ0) is 15.1. The SMILES string of the molecule is CCCNCc1ccc(Oc2cccc(OC)c2)c(C)c1. The average Bonchev–Trinajstić information content (AvgIpc) is 2.50. The van der Waals surface area contributed by atoms with Gasteiger partial charge in [0.2, 0.25) is 0 Å². The van der Waals surface area contributed by atoms with Crippen molar-refractivity contribution in [2.75, 3.05) is 13.7 Å². The maximum atomic E-state index is 5.93. The molecule has 2 aromatic rings. The second kappa shape index (κ2) is 7.70. The Hall–Kier alpha value is -2.00. The van der Waals surface area contributed by atoms with Gasteiger partial charge in [-0.15, -0.1) is 0 Å². The molecule has 3 nitrogen and oxygen atoms in total. The van der Waals surface area contributed by atoms with Gasteiger partial charge in [0.15, 0.2) is 0 Å². The van der Waals surface area contributed by atoms with E-state index in [1.807, 2.05) is 30.3 Å². The summed E-state index contributed by atoms with van der Waals surface area (Å²) in [5.41, 5.74) is 2.41. The van der Waals surface area contributed by atoms with E-state index in [0.29, 0.717) is 0 Å². The maximum absolute atomic E-state index is 5.93. The van der Waals surface area contributed by atoms with Crippen molar-refractivity contribution in [2.24, 2.45) is 0 Å². The molecule has 21 heavy (non-hydrogen) atoms. The van der Waals surface area contributed by atoms with E-state index >= 15 is 0 Å². The van der Waals surface area contributed by atoms with E-state index in [1.54, 1.807) is 7.11 Å². The van der Waals surface area contributed by atoms with E-state index in [2.05, 4.69) is 31.3 Å². The van der Waals surface area contributed by atoms with Crippen molar-refractivity contribution in [1.82, 2.24) is 5.32 Å². The molecular formula is C18H23NO2. The summed E-state index contributed by atoms with van der Waals surface area (Å²) in [6.45, 7) is 6.18. The fourth-order valence-corrected chi connectivity index (χ4v) is 2.14. The maximum Gasteiger partial charge on any atom is 0.131 e. The summed E-state index contributed by atoms with van der Waals surface area (Å²) in [7, 11) is 1.66. The summed E-state index contributed by atoms with van der Waals surface area (Å²) in [5.74, 6) is 2.46. The monoisotopic (exact) mass is 285 g/mol. The minimum atomic E-state index is 0.786. The first-order valence-corrected chi connectivity index (χ1v) is 7.35. The predicted octanol–water partition coefficient (Wildman–Crippen LogP) is 4.30. The molecule has 0 heterocycles. The van der Waals surface area contributed by atoms with E-state index in [0.717, 1.165) is 42.3 Å². The van der Waals surface area contributed by atoms with Gasteiger partial charge < -0.3 is 14.8 Å². The molecule has 0 bridgehead atoms. The van der Waals surface area contributed by atoms with Gasteiger partial charge in [-0.3, -0.25) is 0 Å². The van der Waals surface area contributed by atoms with E-state index in [9.17, 15) is 0 Å². The summed E-state index contributed by atoms with van der Waals surface area (Å²) in [4.78, 5) is 0. The summed E-state index contributed by atoms with van der Waals surface area (Å²) < 4.78 is 11.1. The molecule has 2 rings (SSSR count). The van der Waals surface area contributed by atoms with Gasteiger partial charge in [-0.25, -0.2) is 0 Å². The van der Waals surface area contributed by atoms with Crippen molar-refractivity contribution >= 4 is 0 Å². The Labute approximate surface area is 126 Å². The van der Waals surface area contributed by atoms with Crippen LogP contribution in [0, 0.1) is 6.92 Å². The topological polar surface area (TPSA) is 30.5 Å². The normalized spacial score (nSPS) is 10.4. The molecule has 0 radical (unpaired) electrons. The van der Waals surface area contributed by atoms with Crippen molar-refractivity contribution in [2.45, 2.75) is 26.8 Å². The number of ether oxygens (including phenoxy) is 2. The highest BCUT2D eigenvalue weighted by Crippen LogP contribution is 2.28. The molecule has 0 aliphatic rings. The molecule has 0 fully saturated rings. The van der Waals surface area contributed by atoms with Crippen LogP contribution >= 0.6 is 0 Å². The Balaban J connectivity index is 2.06. The standard InChI is InChI=1S/C18H23NO2/c1-4-10-19-13-15-8-9-18(14(2)11-15)21-17-7-5-6-16(12-17)20-3/h5-9,11-12,19H,4,10,13H2,1-3H3. The molecule has 3 heteroatoms. The van der Waals surface area contributed by atoms with Crippen molar-refractivity contribution in [3.63, 3.8) is 0 Å². The highest BCUT2D eigenvalue weighted by Gasteiger charge is 2.04. The third-order valence-corrected chi connectivity index (χ3v) is 3.26. The van der Waals surface area contributed by atoms with Gasteiger partial charge in [-0.2, -0.15) is 0 Å². The molecule has 0 saturated heterocycles. The Bertz CT molecular complexity index is 581. The molecule has 0 aliphatic carbocycles. The zero-order valence-corrected chi connectivity index (χ0v) is 13.0.